The van der Waals surface area contributed by atoms with Crippen LogP contribution in [0.5, 0.6) is 0 Å². The summed E-state index contributed by atoms with van der Waals surface area (Å²) in [5, 5.41) is 2.54. The normalized spacial score (nSPS) is 12.1. The van der Waals surface area contributed by atoms with Crippen LogP contribution >= 0.6 is 0 Å². The van der Waals surface area contributed by atoms with Crippen molar-refractivity contribution in [2.75, 3.05) is 0 Å². The molecule has 4 heteroatoms. The summed E-state index contributed by atoms with van der Waals surface area (Å²) in [5.41, 5.74) is -1.05. The lowest BCUT2D eigenvalue weighted by molar-refractivity contribution is -0.142. The summed E-state index contributed by atoms with van der Waals surface area (Å²) in [7, 11) is 0. The Bertz CT molecular complexity index is 305. The smallest absolute Gasteiger partial charge is 0.288 e. The van der Waals surface area contributed by atoms with E-state index in [9.17, 15) is 14.4 Å². The number of amides is 1. The molecule has 0 aliphatic heterocycles. The SMILES string of the molecule is CC(C)(C)NC(=O)C(=O)CC(=O)C(C)(C)C. The molecule has 1 amide bonds. The molecule has 0 bridgehead atoms. The number of carbonyl (C=O) groups excluding carboxylic acids is 3. The number of Topliss-reactive ketones (excluding diaryl/α,β-unsaturated/α-hetero) is 2. The van der Waals surface area contributed by atoms with Crippen LogP contribution in [0.4, 0.5) is 0 Å². The van der Waals surface area contributed by atoms with Gasteiger partial charge in [-0.1, -0.05) is 20.8 Å². The van der Waals surface area contributed by atoms with Gasteiger partial charge in [0.25, 0.3) is 5.91 Å². The first-order valence-corrected chi connectivity index (χ1v) is 5.32. The van der Waals surface area contributed by atoms with Crippen molar-refractivity contribution in [3.05, 3.63) is 0 Å². The van der Waals surface area contributed by atoms with Gasteiger partial charge < -0.3 is 5.32 Å². The van der Waals surface area contributed by atoms with Gasteiger partial charge in [-0.3, -0.25) is 14.4 Å². The molecule has 0 saturated heterocycles. The molecule has 0 fully saturated rings. The number of ketones is 2. The molecule has 0 radical (unpaired) electrons. The Morgan fingerprint density at radius 3 is 1.69 bits per heavy atom. The van der Waals surface area contributed by atoms with Gasteiger partial charge in [-0.15, -0.1) is 0 Å². The summed E-state index contributed by atoms with van der Waals surface area (Å²) in [5.74, 6) is -1.58. The van der Waals surface area contributed by atoms with Crippen molar-refractivity contribution in [2.24, 2.45) is 5.41 Å². The maximum atomic E-state index is 11.5. The summed E-state index contributed by atoms with van der Waals surface area (Å²) in [4.78, 5) is 34.4. The van der Waals surface area contributed by atoms with Gasteiger partial charge in [0.1, 0.15) is 5.78 Å². The fourth-order valence-electron chi connectivity index (χ4n) is 0.902. The summed E-state index contributed by atoms with van der Waals surface area (Å²) in [6, 6.07) is 0. The van der Waals surface area contributed by atoms with Crippen LogP contribution in [-0.4, -0.2) is 23.0 Å². The van der Waals surface area contributed by atoms with Crippen LogP contribution in [-0.2, 0) is 14.4 Å². The molecule has 1 N–H and O–H groups in total. The van der Waals surface area contributed by atoms with Gasteiger partial charge in [0.15, 0.2) is 0 Å². The molecule has 0 aromatic rings. The van der Waals surface area contributed by atoms with Crippen LogP contribution in [0.3, 0.4) is 0 Å². The number of nitrogens with one attached hydrogen (secondary N) is 1. The van der Waals surface area contributed by atoms with Crippen molar-refractivity contribution in [1.82, 2.24) is 5.32 Å². The molecular formula is C12H21NO3. The Kier molecular flexibility index (Phi) is 4.41. The molecular weight excluding hydrogens is 206 g/mol. The minimum atomic E-state index is -0.690. The van der Waals surface area contributed by atoms with Gasteiger partial charge >= 0.3 is 0 Å². The van der Waals surface area contributed by atoms with Gasteiger partial charge in [-0.2, -0.15) is 0 Å². The first-order valence-electron chi connectivity index (χ1n) is 5.32. The van der Waals surface area contributed by atoms with Gasteiger partial charge in [-0.05, 0) is 20.8 Å². The zero-order valence-corrected chi connectivity index (χ0v) is 10.9. The number of carbonyl (C=O) groups is 3. The predicted molar refractivity (Wildman–Crippen MR) is 62.0 cm³/mol. The summed E-state index contributed by atoms with van der Waals surface area (Å²) in [6.07, 6.45) is -0.328. The molecule has 0 unspecified atom stereocenters. The van der Waals surface area contributed by atoms with E-state index < -0.39 is 22.6 Å². The van der Waals surface area contributed by atoms with Crippen LogP contribution in [0, 0.1) is 5.41 Å². The summed E-state index contributed by atoms with van der Waals surface area (Å²) in [6.45, 7) is 10.5. The molecule has 4 nitrogen and oxygen atoms in total. The van der Waals surface area contributed by atoms with Crippen LogP contribution in [0.1, 0.15) is 48.0 Å². The van der Waals surface area contributed by atoms with Gasteiger partial charge in [0.2, 0.25) is 5.78 Å². The van der Waals surface area contributed by atoms with E-state index in [1.54, 1.807) is 41.5 Å². The molecule has 92 valence electrons. The molecule has 0 rings (SSSR count). The first kappa shape index (κ1) is 14.8. The second kappa shape index (κ2) is 4.76. The Morgan fingerprint density at radius 2 is 1.38 bits per heavy atom. The number of rotatable bonds is 3. The Labute approximate surface area is 96.8 Å². The molecule has 0 aromatic heterocycles. The third kappa shape index (κ3) is 5.63. The Hall–Kier alpha value is -1.19. The minimum absolute atomic E-state index is 0.221. The zero-order chi connectivity index (χ0) is 13.1. The Morgan fingerprint density at radius 1 is 0.938 bits per heavy atom. The monoisotopic (exact) mass is 227 g/mol. The highest BCUT2D eigenvalue weighted by Gasteiger charge is 2.27. The highest BCUT2D eigenvalue weighted by molar-refractivity contribution is 6.39. The third-order valence-electron chi connectivity index (χ3n) is 1.90. The van der Waals surface area contributed by atoms with E-state index in [1.807, 2.05) is 0 Å². The molecule has 0 atom stereocenters. The van der Waals surface area contributed by atoms with E-state index in [4.69, 9.17) is 0 Å². The van der Waals surface area contributed by atoms with Gasteiger partial charge in [-0.25, -0.2) is 0 Å². The van der Waals surface area contributed by atoms with Crippen molar-refractivity contribution in [3.8, 4) is 0 Å². The lowest BCUT2D eigenvalue weighted by atomic mass is 9.88. The standard InChI is InChI=1S/C12H21NO3/c1-11(2,3)9(15)7-8(14)10(16)13-12(4,5)6/h7H2,1-6H3,(H,13,16). The van der Waals surface area contributed by atoms with Gasteiger partial charge in [0, 0.05) is 11.0 Å². The van der Waals surface area contributed by atoms with E-state index in [1.165, 1.54) is 0 Å². The molecule has 0 heterocycles. The van der Waals surface area contributed by atoms with E-state index in [0.717, 1.165) is 0 Å². The average molecular weight is 227 g/mol. The number of hydrogen-bond donors (Lipinski definition) is 1. The minimum Gasteiger partial charge on any atom is -0.345 e. The first-order chi connectivity index (χ1) is 6.93. The molecule has 0 spiro atoms. The van der Waals surface area contributed by atoms with Crippen molar-refractivity contribution in [3.63, 3.8) is 0 Å². The number of hydrogen-bond acceptors (Lipinski definition) is 3. The highest BCUT2D eigenvalue weighted by Crippen LogP contribution is 2.16. The van der Waals surface area contributed by atoms with Crippen LogP contribution < -0.4 is 5.32 Å². The van der Waals surface area contributed by atoms with Crippen LogP contribution in [0.15, 0.2) is 0 Å². The van der Waals surface area contributed by atoms with E-state index in [0.29, 0.717) is 0 Å². The van der Waals surface area contributed by atoms with Crippen LogP contribution in [0.25, 0.3) is 0 Å². The average Bonchev–Trinajstić information content (AvgIpc) is 1.98. The predicted octanol–water partition coefficient (Wildman–Crippen LogP) is 1.48. The Balaban J connectivity index is 4.39. The lowest BCUT2D eigenvalue weighted by Gasteiger charge is -2.20. The largest absolute Gasteiger partial charge is 0.345 e. The second-order valence-electron chi connectivity index (χ2n) is 5.98. The summed E-state index contributed by atoms with van der Waals surface area (Å²) >= 11 is 0. The van der Waals surface area contributed by atoms with E-state index >= 15 is 0 Å². The highest BCUT2D eigenvalue weighted by atomic mass is 16.2. The van der Waals surface area contributed by atoms with E-state index in [2.05, 4.69) is 5.32 Å². The molecule has 0 saturated carbocycles. The maximum absolute atomic E-state index is 11.5. The quantitative estimate of drug-likeness (QED) is 0.586. The molecule has 0 aliphatic carbocycles. The summed E-state index contributed by atoms with van der Waals surface area (Å²) < 4.78 is 0. The second-order valence-corrected chi connectivity index (χ2v) is 5.98. The molecule has 16 heavy (non-hydrogen) atoms. The van der Waals surface area contributed by atoms with Gasteiger partial charge in [0.05, 0.1) is 6.42 Å². The maximum Gasteiger partial charge on any atom is 0.288 e. The van der Waals surface area contributed by atoms with Crippen molar-refractivity contribution < 1.29 is 14.4 Å². The fraction of sp³-hybridized carbons (Fsp3) is 0.750. The topological polar surface area (TPSA) is 63.2 Å². The molecule has 0 aliphatic rings. The lowest BCUT2D eigenvalue weighted by Crippen LogP contribution is -2.45. The zero-order valence-electron chi connectivity index (χ0n) is 10.9. The van der Waals surface area contributed by atoms with E-state index in [-0.39, 0.29) is 12.2 Å². The third-order valence-corrected chi connectivity index (χ3v) is 1.90. The van der Waals surface area contributed by atoms with Crippen molar-refractivity contribution >= 4 is 17.5 Å². The van der Waals surface area contributed by atoms with Crippen LogP contribution in [0.2, 0.25) is 0 Å². The molecule has 0 aromatic carbocycles. The fourth-order valence-corrected chi connectivity index (χ4v) is 0.902. The van der Waals surface area contributed by atoms with Crippen molar-refractivity contribution in [2.45, 2.75) is 53.5 Å². The van der Waals surface area contributed by atoms with Crippen molar-refractivity contribution in [1.29, 1.82) is 0 Å².